The molecule has 0 amide bonds. The molecule has 3 heteroatoms. The van der Waals surface area contributed by atoms with E-state index in [1.165, 1.54) is 0 Å². The molecule has 0 spiro atoms. The van der Waals surface area contributed by atoms with Gasteiger partial charge in [-0.05, 0) is 18.1 Å². The molecule has 1 unspecified atom stereocenters. The largest absolute Gasteiger partial charge is 0.302 e. The van der Waals surface area contributed by atoms with Crippen molar-refractivity contribution in [1.29, 1.82) is 0 Å². The summed E-state index contributed by atoms with van der Waals surface area (Å²) in [5.41, 5.74) is 0.973. The van der Waals surface area contributed by atoms with Crippen molar-refractivity contribution in [3.05, 3.63) is 29.8 Å². The normalized spacial score (nSPS) is 12.8. The van der Waals surface area contributed by atoms with Crippen molar-refractivity contribution in [2.75, 3.05) is 0 Å². The fourth-order valence-corrected chi connectivity index (χ4v) is 1.74. The Morgan fingerprint density at radius 2 is 2.08 bits per heavy atom. The van der Waals surface area contributed by atoms with Gasteiger partial charge in [0.15, 0.2) is 11.1 Å². The molecule has 0 heterocycles. The van der Waals surface area contributed by atoms with Crippen LogP contribution in [0.15, 0.2) is 29.2 Å². The van der Waals surface area contributed by atoms with Crippen molar-refractivity contribution in [2.45, 2.75) is 24.7 Å². The lowest BCUT2D eigenvalue weighted by molar-refractivity contribution is 0.563. The summed E-state index contributed by atoms with van der Waals surface area (Å²) in [7, 11) is 0. The molecule has 12 heavy (non-hydrogen) atoms. The van der Waals surface area contributed by atoms with Gasteiger partial charge in [-0.1, -0.05) is 31.5 Å². The van der Waals surface area contributed by atoms with Crippen LogP contribution in [0.25, 0.3) is 0 Å². The summed E-state index contributed by atoms with van der Waals surface area (Å²) in [5.74, 6) is 0. The highest BCUT2D eigenvalue weighted by Crippen LogP contribution is 2.13. The Bertz CT molecular complexity index is 284. The average Bonchev–Trinajstić information content (AvgIpc) is 2.05. The van der Waals surface area contributed by atoms with Crippen molar-refractivity contribution >= 4 is 11.1 Å². The van der Waals surface area contributed by atoms with Crippen LogP contribution in [0.4, 0.5) is 0 Å². The molecule has 1 aromatic rings. The second-order valence-corrected chi connectivity index (χ2v) is 3.55. The third-order valence-corrected chi connectivity index (χ3v) is 2.45. The molecule has 0 aliphatic rings. The van der Waals surface area contributed by atoms with E-state index in [-0.39, 0.29) is 0 Å². The van der Waals surface area contributed by atoms with Crippen molar-refractivity contribution in [1.82, 2.24) is 0 Å². The lowest BCUT2D eigenvalue weighted by Gasteiger charge is -2.02. The highest BCUT2D eigenvalue weighted by molar-refractivity contribution is 7.79. The van der Waals surface area contributed by atoms with Crippen molar-refractivity contribution in [3.63, 3.8) is 0 Å². The van der Waals surface area contributed by atoms with Gasteiger partial charge >= 0.3 is 0 Å². The lowest BCUT2D eigenvalue weighted by Crippen LogP contribution is -1.95. The minimum atomic E-state index is -1.84. The zero-order valence-electron chi connectivity index (χ0n) is 6.99. The Morgan fingerprint density at radius 1 is 1.42 bits per heavy atom. The van der Waals surface area contributed by atoms with Crippen LogP contribution in [-0.4, -0.2) is 8.76 Å². The zero-order valence-corrected chi connectivity index (χ0v) is 7.80. The molecule has 0 aromatic heterocycles. The quantitative estimate of drug-likeness (QED) is 0.731. The fraction of sp³-hybridized carbons (Fsp3) is 0.333. The minimum Gasteiger partial charge on any atom is -0.302 e. The maximum absolute atomic E-state index is 10.8. The molecule has 0 aliphatic carbocycles. The van der Waals surface area contributed by atoms with Gasteiger partial charge in [0.25, 0.3) is 0 Å². The molecule has 0 aliphatic heterocycles. The summed E-state index contributed by atoms with van der Waals surface area (Å²) in [6, 6.07) is 7.26. The van der Waals surface area contributed by atoms with Gasteiger partial charge < -0.3 is 4.55 Å². The van der Waals surface area contributed by atoms with E-state index >= 15 is 0 Å². The van der Waals surface area contributed by atoms with Crippen molar-refractivity contribution in [2.24, 2.45) is 0 Å². The number of benzene rings is 1. The molecule has 0 saturated carbocycles. The van der Waals surface area contributed by atoms with Crippen LogP contribution >= 0.6 is 0 Å². The summed E-state index contributed by atoms with van der Waals surface area (Å²) in [6.07, 6.45) is 1.86. The van der Waals surface area contributed by atoms with E-state index in [2.05, 4.69) is 6.92 Å². The Balaban J connectivity index is 3.00. The van der Waals surface area contributed by atoms with Crippen LogP contribution in [0, 0.1) is 0 Å². The van der Waals surface area contributed by atoms with Crippen LogP contribution in [0.3, 0.4) is 0 Å². The number of hydrogen-bond acceptors (Lipinski definition) is 1. The first-order chi connectivity index (χ1) is 5.75. The van der Waals surface area contributed by atoms with Crippen LogP contribution in [-0.2, 0) is 17.5 Å². The van der Waals surface area contributed by atoms with E-state index in [1.807, 2.05) is 12.1 Å². The van der Waals surface area contributed by atoms with Gasteiger partial charge in [-0.15, -0.1) is 0 Å². The lowest BCUT2D eigenvalue weighted by atomic mass is 10.1. The summed E-state index contributed by atoms with van der Waals surface area (Å²) in [6.45, 7) is 2.05. The summed E-state index contributed by atoms with van der Waals surface area (Å²) in [5, 5.41) is 0. The van der Waals surface area contributed by atoms with E-state index in [0.717, 1.165) is 18.4 Å². The first kappa shape index (κ1) is 9.42. The second-order valence-electron chi connectivity index (χ2n) is 2.61. The van der Waals surface area contributed by atoms with Gasteiger partial charge in [0, 0.05) is 0 Å². The molecule has 0 radical (unpaired) electrons. The molecule has 0 fully saturated rings. The van der Waals surface area contributed by atoms with E-state index in [1.54, 1.807) is 12.1 Å². The molecule has 1 rings (SSSR count). The van der Waals surface area contributed by atoms with Gasteiger partial charge in [0.2, 0.25) is 0 Å². The number of hydrogen-bond donors (Lipinski definition) is 1. The Hall–Kier alpha value is -0.670. The highest BCUT2D eigenvalue weighted by atomic mass is 32.2. The Morgan fingerprint density at radius 3 is 2.67 bits per heavy atom. The van der Waals surface area contributed by atoms with Crippen LogP contribution in [0.1, 0.15) is 18.9 Å². The zero-order chi connectivity index (χ0) is 8.97. The maximum atomic E-state index is 10.8. The summed E-state index contributed by atoms with van der Waals surface area (Å²) < 4.78 is 19.7. The van der Waals surface area contributed by atoms with E-state index in [0.29, 0.717) is 4.90 Å². The predicted molar refractivity (Wildman–Crippen MR) is 49.5 cm³/mol. The topological polar surface area (TPSA) is 37.3 Å². The minimum absolute atomic E-state index is 0.541. The second kappa shape index (κ2) is 4.38. The first-order valence-corrected chi connectivity index (χ1v) is 5.05. The fourth-order valence-electron chi connectivity index (χ4n) is 1.15. The smallest absolute Gasteiger partial charge is 0.186 e. The third-order valence-electron chi connectivity index (χ3n) is 1.68. The third kappa shape index (κ3) is 2.16. The number of aryl methyl sites for hydroxylation is 1. The Kier molecular flexibility index (Phi) is 3.44. The van der Waals surface area contributed by atoms with Gasteiger partial charge in [0.05, 0.1) is 4.90 Å². The van der Waals surface area contributed by atoms with Gasteiger partial charge in [-0.3, -0.25) is 0 Å². The van der Waals surface area contributed by atoms with Gasteiger partial charge in [0.1, 0.15) is 0 Å². The molecule has 2 nitrogen and oxygen atoms in total. The standard InChI is InChI=1S/C9H12O2S/c1-2-5-8-6-3-4-7-9(8)12(10)11/h3-4,6-7H,2,5H2,1H3,(H,10,11). The van der Waals surface area contributed by atoms with Gasteiger partial charge in [-0.25, -0.2) is 4.21 Å². The van der Waals surface area contributed by atoms with Gasteiger partial charge in [-0.2, -0.15) is 0 Å². The van der Waals surface area contributed by atoms with E-state index in [9.17, 15) is 4.21 Å². The first-order valence-electron chi connectivity index (χ1n) is 3.94. The average molecular weight is 184 g/mol. The van der Waals surface area contributed by atoms with Crippen molar-refractivity contribution in [3.8, 4) is 0 Å². The van der Waals surface area contributed by atoms with Crippen LogP contribution in [0.5, 0.6) is 0 Å². The van der Waals surface area contributed by atoms with E-state index < -0.39 is 11.1 Å². The molecular formula is C9H12O2S. The van der Waals surface area contributed by atoms with E-state index in [4.69, 9.17) is 4.55 Å². The van der Waals surface area contributed by atoms with Crippen LogP contribution < -0.4 is 0 Å². The SMILES string of the molecule is CCCc1ccccc1S(=O)O. The summed E-state index contributed by atoms with van der Waals surface area (Å²) >= 11 is -1.84. The Labute approximate surface area is 74.9 Å². The highest BCUT2D eigenvalue weighted by Gasteiger charge is 2.04. The molecule has 1 atom stereocenters. The monoisotopic (exact) mass is 184 g/mol. The van der Waals surface area contributed by atoms with Crippen molar-refractivity contribution < 1.29 is 8.76 Å². The molecule has 1 aromatic carbocycles. The molecule has 66 valence electrons. The summed E-state index contributed by atoms with van der Waals surface area (Å²) in [4.78, 5) is 0.541. The molecule has 0 bridgehead atoms. The molecule has 0 saturated heterocycles. The number of rotatable bonds is 3. The molecule has 1 N–H and O–H groups in total. The predicted octanol–water partition coefficient (Wildman–Crippen LogP) is 2.22. The maximum Gasteiger partial charge on any atom is 0.186 e. The van der Waals surface area contributed by atoms with Crippen LogP contribution in [0.2, 0.25) is 0 Å². The molecular weight excluding hydrogens is 172 g/mol.